The minimum Gasteiger partial charge on any atom is -0.470 e. The molecular weight excluding hydrogens is 434 g/mol. The van der Waals surface area contributed by atoms with Crippen LogP contribution in [0.15, 0.2) is 41.1 Å². The van der Waals surface area contributed by atoms with Gasteiger partial charge in [0.15, 0.2) is 6.73 Å². The Morgan fingerprint density at radius 3 is 2.96 bits per heavy atom. The summed E-state index contributed by atoms with van der Waals surface area (Å²) in [6.07, 6.45) is 3.40. The lowest BCUT2D eigenvalue weighted by Gasteiger charge is -2.09. The van der Waals surface area contributed by atoms with Gasteiger partial charge in [0.25, 0.3) is 5.91 Å². The standard InChI is InChI=1S/C18H19BrClN5O2/c1-3-25-16(13(19)9-22-25)10-21-18(26)15-6-7-24(23-15)11-27-17-8-12(2)4-5-14(17)20/h4-9H,3,10-11H2,1-2H3,(H,21,26). The molecule has 0 radical (unpaired) electrons. The first-order chi connectivity index (χ1) is 13.0. The van der Waals surface area contributed by atoms with E-state index < -0.39 is 0 Å². The molecule has 27 heavy (non-hydrogen) atoms. The van der Waals surface area contributed by atoms with Crippen molar-refractivity contribution in [1.82, 2.24) is 24.9 Å². The van der Waals surface area contributed by atoms with E-state index in [-0.39, 0.29) is 12.6 Å². The average molecular weight is 453 g/mol. The number of benzene rings is 1. The van der Waals surface area contributed by atoms with Gasteiger partial charge >= 0.3 is 0 Å². The normalized spacial score (nSPS) is 10.8. The smallest absolute Gasteiger partial charge is 0.272 e. The summed E-state index contributed by atoms with van der Waals surface area (Å²) in [5.41, 5.74) is 2.27. The molecule has 0 unspecified atom stereocenters. The summed E-state index contributed by atoms with van der Waals surface area (Å²) in [5, 5.41) is 11.9. The SMILES string of the molecule is CCn1ncc(Br)c1CNC(=O)c1ccn(COc2cc(C)ccc2Cl)n1. The molecule has 0 fully saturated rings. The van der Waals surface area contributed by atoms with Crippen molar-refractivity contribution in [1.29, 1.82) is 0 Å². The number of hydrogen-bond donors (Lipinski definition) is 1. The molecule has 0 spiro atoms. The number of carbonyl (C=O) groups is 1. The molecule has 2 aromatic heterocycles. The van der Waals surface area contributed by atoms with Crippen LogP contribution in [-0.4, -0.2) is 25.5 Å². The Labute approximate surface area is 170 Å². The summed E-state index contributed by atoms with van der Waals surface area (Å²) in [5.74, 6) is 0.314. The van der Waals surface area contributed by atoms with Gasteiger partial charge in [-0.1, -0.05) is 17.7 Å². The highest BCUT2D eigenvalue weighted by molar-refractivity contribution is 9.10. The molecule has 0 bridgehead atoms. The number of nitrogens with zero attached hydrogens (tertiary/aromatic N) is 4. The topological polar surface area (TPSA) is 74.0 Å². The molecule has 0 saturated heterocycles. The fraction of sp³-hybridized carbons (Fsp3) is 0.278. The van der Waals surface area contributed by atoms with Crippen molar-refractivity contribution < 1.29 is 9.53 Å². The van der Waals surface area contributed by atoms with E-state index in [1.54, 1.807) is 29.2 Å². The van der Waals surface area contributed by atoms with Gasteiger partial charge in [-0.15, -0.1) is 0 Å². The Hall–Kier alpha value is -2.32. The van der Waals surface area contributed by atoms with Crippen LogP contribution in [0.4, 0.5) is 0 Å². The largest absolute Gasteiger partial charge is 0.470 e. The van der Waals surface area contributed by atoms with Crippen LogP contribution in [0.25, 0.3) is 0 Å². The van der Waals surface area contributed by atoms with Gasteiger partial charge in [0.2, 0.25) is 0 Å². The molecule has 9 heteroatoms. The number of halogens is 2. The number of nitrogens with one attached hydrogen (secondary N) is 1. The molecule has 3 rings (SSSR count). The van der Waals surface area contributed by atoms with E-state index >= 15 is 0 Å². The third-order valence-electron chi connectivity index (χ3n) is 3.93. The highest BCUT2D eigenvalue weighted by Crippen LogP contribution is 2.25. The van der Waals surface area contributed by atoms with Gasteiger partial charge in [-0.2, -0.15) is 10.2 Å². The van der Waals surface area contributed by atoms with Crippen LogP contribution in [0.3, 0.4) is 0 Å². The second-order valence-electron chi connectivity index (χ2n) is 5.89. The molecule has 1 aromatic carbocycles. The molecule has 0 aliphatic carbocycles. The van der Waals surface area contributed by atoms with Crippen LogP contribution in [-0.2, 0) is 19.8 Å². The minimum atomic E-state index is -0.266. The van der Waals surface area contributed by atoms with Crippen LogP contribution in [0.1, 0.15) is 28.7 Å². The summed E-state index contributed by atoms with van der Waals surface area (Å²) >= 11 is 9.56. The van der Waals surface area contributed by atoms with Crippen molar-refractivity contribution in [3.8, 4) is 5.75 Å². The van der Waals surface area contributed by atoms with Crippen LogP contribution >= 0.6 is 27.5 Å². The van der Waals surface area contributed by atoms with E-state index in [0.717, 1.165) is 22.3 Å². The maximum absolute atomic E-state index is 12.3. The van der Waals surface area contributed by atoms with Crippen molar-refractivity contribution >= 4 is 33.4 Å². The summed E-state index contributed by atoms with van der Waals surface area (Å²) in [6.45, 7) is 5.19. The first kappa shape index (κ1) is 19.4. The quantitative estimate of drug-likeness (QED) is 0.592. The molecule has 3 aromatic rings. The lowest BCUT2D eigenvalue weighted by molar-refractivity contribution is 0.0942. The molecule has 0 aliphatic rings. The number of aryl methyl sites for hydroxylation is 2. The van der Waals surface area contributed by atoms with Crippen molar-refractivity contribution in [2.75, 3.05) is 0 Å². The molecular formula is C18H19BrClN5O2. The van der Waals surface area contributed by atoms with Gasteiger partial charge in [0.05, 0.1) is 27.9 Å². The van der Waals surface area contributed by atoms with Crippen molar-refractivity contribution in [2.24, 2.45) is 0 Å². The maximum Gasteiger partial charge on any atom is 0.272 e. The van der Waals surface area contributed by atoms with Gasteiger partial charge in [0, 0.05) is 12.7 Å². The Balaban J connectivity index is 1.59. The van der Waals surface area contributed by atoms with E-state index in [4.69, 9.17) is 16.3 Å². The number of amides is 1. The average Bonchev–Trinajstić information content (AvgIpc) is 3.27. The molecule has 0 saturated carbocycles. The summed E-state index contributed by atoms with van der Waals surface area (Å²) in [4.78, 5) is 12.3. The highest BCUT2D eigenvalue weighted by Gasteiger charge is 2.13. The van der Waals surface area contributed by atoms with Gasteiger partial charge in [-0.25, -0.2) is 4.68 Å². The van der Waals surface area contributed by atoms with Crippen molar-refractivity contribution in [3.05, 3.63) is 63.1 Å². The van der Waals surface area contributed by atoms with Gasteiger partial charge in [-0.05, 0) is 53.5 Å². The van der Waals surface area contributed by atoms with E-state index in [2.05, 4.69) is 31.4 Å². The van der Waals surface area contributed by atoms with Crippen LogP contribution in [0, 0.1) is 6.92 Å². The molecule has 2 heterocycles. The number of hydrogen-bond acceptors (Lipinski definition) is 4. The van der Waals surface area contributed by atoms with Gasteiger partial charge in [0.1, 0.15) is 11.4 Å². The van der Waals surface area contributed by atoms with Gasteiger partial charge in [-0.3, -0.25) is 9.48 Å². The fourth-order valence-electron chi connectivity index (χ4n) is 2.50. The second-order valence-corrected chi connectivity index (χ2v) is 7.15. The van der Waals surface area contributed by atoms with Crippen LogP contribution in [0.2, 0.25) is 5.02 Å². The molecule has 1 amide bonds. The highest BCUT2D eigenvalue weighted by atomic mass is 79.9. The number of ether oxygens (including phenoxy) is 1. The van der Waals surface area contributed by atoms with E-state index in [1.807, 2.05) is 30.7 Å². The molecule has 0 atom stereocenters. The Bertz CT molecular complexity index is 953. The third kappa shape index (κ3) is 4.70. The zero-order chi connectivity index (χ0) is 19.4. The zero-order valence-electron chi connectivity index (χ0n) is 14.9. The molecule has 0 aliphatic heterocycles. The molecule has 142 valence electrons. The Kier molecular flexibility index (Phi) is 6.18. The van der Waals surface area contributed by atoms with Crippen LogP contribution in [0.5, 0.6) is 5.75 Å². The Morgan fingerprint density at radius 1 is 1.37 bits per heavy atom. The number of aromatic nitrogens is 4. The Morgan fingerprint density at radius 2 is 2.19 bits per heavy atom. The predicted octanol–water partition coefficient (Wildman–Crippen LogP) is 3.79. The van der Waals surface area contributed by atoms with E-state index in [1.165, 1.54) is 0 Å². The summed E-state index contributed by atoms with van der Waals surface area (Å²) in [6, 6.07) is 7.19. The van der Waals surface area contributed by atoms with E-state index in [9.17, 15) is 4.79 Å². The number of carbonyl (C=O) groups excluding carboxylic acids is 1. The fourth-order valence-corrected chi connectivity index (χ4v) is 3.11. The summed E-state index contributed by atoms with van der Waals surface area (Å²) in [7, 11) is 0. The second kappa shape index (κ2) is 8.58. The van der Waals surface area contributed by atoms with E-state index in [0.29, 0.717) is 23.0 Å². The minimum absolute atomic E-state index is 0.157. The third-order valence-corrected chi connectivity index (χ3v) is 4.90. The first-order valence-electron chi connectivity index (χ1n) is 8.38. The van der Waals surface area contributed by atoms with Crippen molar-refractivity contribution in [3.63, 3.8) is 0 Å². The zero-order valence-corrected chi connectivity index (χ0v) is 17.3. The lowest BCUT2D eigenvalue weighted by atomic mass is 10.2. The van der Waals surface area contributed by atoms with Crippen LogP contribution < -0.4 is 10.1 Å². The molecule has 7 nitrogen and oxygen atoms in total. The number of rotatable bonds is 7. The summed E-state index contributed by atoms with van der Waals surface area (Å²) < 4.78 is 9.90. The predicted molar refractivity (Wildman–Crippen MR) is 106 cm³/mol. The monoisotopic (exact) mass is 451 g/mol. The first-order valence-corrected chi connectivity index (χ1v) is 9.55. The van der Waals surface area contributed by atoms with Gasteiger partial charge < -0.3 is 10.1 Å². The molecule has 1 N–H and O–H groups in total. The lowest BCUT2D eigenvalue weighted by Crippen LogP contribution is -2.25. The maximum atomic E-state index is 12.3. The van der Waals surface area contributed by atoms with Crippen molar-refractivity contribution in [2.45, 2.75) is 33.7 Å².